The lowest BCUT2D eigenvalue weighted by atomic mass is 9.95. The molecule has 0 saturated carbocycles. The quantitative estimate of drug-likeness (QED) is 0.159. The number of aliphatic imine (C=N–C) groups is 1. The SMILES string of the molecule is CS1(C)c2ccccc2-c2c(C3=NC(c4cccc(-c5ccccc5)c4)NC(c4ccc(-c5ccccc5)cc4-n4c5ccccc5c5c(-c6cccc7c6c6ccccc6n7-c6ccccc6)cccc54)N3)cccc21. The second kappa shape index (κ2) is 18.0. The Hall–Kier alpha value is -9.20. The zero-order valence-electron chi connectivity index (χ0n) is 42.7. The summed E-state index contributed by atoms with van der Waals surface area (Å²) in [6.07, 6.45) is 4.12. The van der Waals surface area contributed by atoms with Crippen molar-refractivity contribution in [1.29, 1.82) is 0 Å². The van der Waals surface area contributed by atoms with Crippen molar-refractivity contribution in [2.24, 2.45) is 4.99 Å². The zero-order valence-corrected chi connectivity index (χ0v) is 43.5. The number of benzene rings is 11. The highest BCUT2D eigenvalue weighted by atomic mass is 32.3. The van der Waals surface area contributed by atoms with E-state index in [1.54, 1.807) is 0 Å². The van der Waals surface area contributed by atoms with E-state index in [4.69, 9.17) is 4.99 Å². The Bertz CT molecular complexity index is 4490. The summed E-state index contributed by atoms with van der Waals surface area (Å²) in [6, 6.07) is 95.5. The van der Waals surface area contributed by atoms with Gasteiger partial charge in [0.05, 0.1) is 27.8 Å². The number of hydrogen-bond acceptors (Lipinski definition) is 3. The summed E-state index contributed by atoms with van der Waals surface area (Å²) in [4.78, 5) is 8.51. The molecule has 2 aromatic heterocycles. The largest absolute Gasteiger partial charge is 0.350 e. The van der Waals surface area contributed by atoms with Crippen LogP contribution in [0.2, 0.25) is 0 Å². The first-order chi connectivity index (χ1) is 38.0. The maximum atomic E-state index is 5.70. The van der Waals surface area contributed by atoms with Gasteiger partial charge in [0.25, 0.3) is 0 Å². The van der Waals surface area contributed by atoms with Gasteiger partial charge in [0.15, 0.2) is 0 Å². The van der Waals surface area contributed by atoms with E-state index in [2.05, 4.69) is 293 Å². The third-order valence-electron chi connectivity index (χ3n) is 16.1. The molecule has 5 nitrogen and oxygen atoms in total. The predicted molar refractivity (Wildman–Crippen MR) is 324 cm³/mol. The summed E-state index contributed by atoms with van der Waals surface area (Å²) in [7, 11) is -1.26. The molecule has 0 spiro atoms. The van der Waals surface area contributed by atoms with Gasteiger partial charge in [0.1, 0.15) is 18.2 Å². The molecular formula is C71H53N5S. The maximum Gasteiger partial charge on any atom is 0.132 e. The number of fused-ring (bicyclic) bond motifs is 9. The van der Waals surface area contributed by atoms with Gasteiger partial charge in [-0.1, -0.05) is 200 Å². The second-order valence-electron chi connectivity index (χ2n) is 20.7. The summed E-state index contributed by atoms with van der Waals surface area (Å²) in [5.41, 5.74) is 19.8. The van der Waals surface area contributed by atoms with E-state index in [0.29, 0.717) is 0 Å². The van der Waals surface area contributed by atoms with Crippen LogP contribution in [0, 0.1) is 0 Å². The Morgan fingerprint density at radius 2 is 0.909 bits per heavy atom. The minimum Gasteiger partial charge on any atom is -0.350 e. The third kappa shape index (κ3) is 7.24. The zero-order chi connectivity index (χ0) is 51.2. The van der Waals surface area contributed by atoms with E-state index in [1.807, 2.05) is 0 Å². The van der Waals surface area contributed by atoms with Gasteiger partial charge in [-0.3, -0.25) is 5.32 Å². The standard InChI is InChI=1S/C71H53N5S/c1-77(2)64-40-17-14-32-57(64)68-58(35-21-41-65(68)77)71-73-69(50-27-18-26-48(44-50)46-22-6-3-7-23-46)72-70(74-71)56-43-42-49(47-24-8-4-9-25-47)45-63(56)76-60-37-16-13-31-55(60)67-53(34-20-39-62(67)76)52-33-19-38-61-66(52)54-30-12-15-36-59(54)75(61)51-28-10-5-11-29-51/h3-45,69-70,72H,1-2H3,(H,73,74). The molecule has 0 bridgehead atoms. The van der Waals surface area contributed by atoms with Crippen molar-refractivity contribution < 1.29 is 0 Å². The van der Waals surface area contributed by atoms with Crippen LogP contribution >= 0.6 is 10.0 Å². The van der Waals surface area contributed by atoms with Crippen molar-refractivity contribution in [3.63, 3.8) is 0 Å². The first-order valence-corrected chi connectivity index (χ1v) is 28.9. The highest BCUT2D eigenvalue weighted by Crippen LogP contribution is 2.67. The molecule has 2 N–H and O–H groups in total. The van der Waals surface area contributed by atoms with Gasteiger partial charge in [0.2, 0.25) is 0 Å². The smallest absolute Gasteiger partial charge is 0.132 e. The molecule has 368 valence electrons. The van der Waals surface area contributed by atoms with Crippen LogP contribution in [0.25, 0.3) is 99.5 Å². The number of hydrogen-bond donors (Lipinski definition) is 2. The molecule has 6 heteroatoms. The Balaban J connectivity index is 0.961. The highest BCUT2D eigenvalue weighted by Gasteiger charge is 2.36. The van der Waals surface area contributed by atoms with Crippen molar-refractivity contribution in [3.8, 4) is 55.9 Å². The molecule has 0 radical (unpaired) electrons. The molecule has 0 fully saturated rings. The number of nitrogens with one attached hydrogen (secondary N) is 2. The summed E-state index contributed by atoms with van der Waals surface area (Å²) >= 11 is 0. The lowest BCUT2D eigenvalue weighted by Gasteiger charge is -2.34. The van der Waals surface area contributed by atoms with E-state index in [9.17, 15) is 0 Å². The van der Waals surface area contributed by atoms with Gasteiger partial charge in [-0.15, -0.1) is 0 Å². The lowest BCUT2D eigenvalue weighted by molar-refractivity contribution is 0.408. The fourth-order valence-electron chi connectivity index (χ4n) is 12.6. The van der Waals surface area contributed by atoms with E-state index in [0.717, 1.165) is 61.6 Å². The average Bonchev–Trinajstić information content (AvgIpc) is 4.28. The molecule has 0 amide bonds. The Kier molecular flexibility index (Phi) is 10.6. The maximum absolute atomic E-state index is 5.70. The predicted octanol–water partition coefficient (Wildman–Crippen LogP) is 17.7. The molecular weight excluding hydrogens is 955 g/mol. The molecule has 2 aliphatic rings. The van der Waals surface area contributed by atoms with Crippen LogP contribution in [0.15, 0.2) is 276 Å². The van der Waals surface area contributed by atoms with Crippen LogP contribution in [0.3, 0.4) is 0 Å². The summed E-state index contributed by atoms with van der Waals surface area (Å²) in [6.45, 7) is 0. The highest BCUT2D eigenvalue weighted by molar-refractivity contribution is 8.33. The van der Waals surface area contributed by atoms with Gasteiger partial charge in [-0.05, 0) is 118 Å². The fourth-order valence-corrected chi connectivity index (χ4v) is 15.1. The van der Waals surface area contributed by atoms with E-state index in [-0.39, 0.29) is 12.3 Å². The summed E-state index contributed by atoms with van der Waals surface area (Å²) in [5, 5.41) is 13.1. The van der Waals surface area contributed by atoms with Crippen LogP contribution in [-0.2, 0) is 0 Å². The van der Waals surface area contributed by atoms with Gasteiger partial charge >= 0.3 is 0 Å². The van der Waals surface area contributed by atoms with Crippen LogP contribution in [0.1, 0.15) is 29.0 Å². The van der Waals surface area contributed by atoms with Gasteiger partial charge < -0.3 is 14.5 Å². The van der Waals surface area contributed by atoms with Crippen molar-refractivity contribution >= 4 is 59.5 Å². The third-order valence-corrected chi connectivity index (χ3v) is 19.0. The van der Waals surface area contributed by atoms with Crippen molar-refractivity contribution in [1.82, 2.24) is 19.8 Å². The molecule has 13 aromatic rings. The van der Waals surface area contributed by atoms with E-state index >= 15 is 0 Å². The Morgan fingerprint density at radius 3 is 1.61 bits per heavy atom. The molecule has 77 heavy (non-hydrogen) atoms. The summed E-state index contributed by atoms with van der Waals surface area (Å²) in [5.74, 6) is 0.873. The molecule has 2 aliphatic heterocycles. The van der Waals surface area contributed by atoms with E-state index < -0.39 is 10.0 Å². The monoisotopic (exact) mass is 1010 g/mol. The Morgan fingerprint density at radius 1 is 0.403 bits per heavy atom. The normalized spacial score (nSPS) is 16.1. The number of para-hydroxylation sites is 3. The van der Waals surface area contributed by atoms with Crippen molar-refractivity contribution in [2.75, 3.05) is 12.5 Å². The number of nitrogens with zero attached hydrogens (tertiary/aromatic N) is 3. The minimum absolute atomic E-state index is 0.363. The Labute approximate surface area is 449 Å². The first-order valence-electron chi connectivity index (χ1n) is 26.5. The molecule has 15 rings (SSSR count). The number of aromatic nitrogens is 2. The van der Waals surface area contributed by atoms with Crippen LogP contribution in [0.5, 0.6) is 0 Å². The lowest BCUT2D eigenvalue weighted by Crippen LogP contribution is -2.45. The van der Waals surface area contributed by atoms with E-state index in [1.165, 1.54) is 70.2 Å². The average molecular weight is 1010 g/mol. The van der Waals surface area contributed by atoms with Crippen LogP contribution in [0.4, 0.5) is 0 Å². The van der Waals surface area contributed by atoms with Crippen LogP contribution < -0.4 is 10.6 Å². The molecule has 2 atom stereocenters. The molecule has 0 aliphatic carbocycles. The fraction of sp³-hybridized carbons (Fsp3) is 0.0563. The van der Waals surface area contributed by atoms with Gasteiger partial charge in [-0.2, -0.15) is 10.0 Å². The summed E-state index contributed by atoms with van der Waals surface area (Å²) < 4.78 is 4.93. The first kappa shape index (κ1) is 45.2. The number of rotatable bonds is 8. The topological polar surface area (TPSA) is 46.3 Å². The molecule has 0 saturated heterocycles. The molecule has 4 heterocycles. The number of amidine groups is 1. The molecule has 2 unspecified atom stereocenters. The second-order valence-corrected chi connectivity index (χ2v) is 24.2. The van der Waals surface area contributed by atoms with Gasteiger partial charge in [-0.25, -0.2) is 4.99 Å². The molecule has 11 aromatic carbocycles. The van der Waals surface area contributed by atoms with Gasteiger partial charge in [0, 0.05) is 53.7 Å². The van der Waals surface area contributed by atoms with Crippen molar-refractivity contribution in [2.45, 2.75) is 22.1 Å². The minimum atomic E-state index is -1.26. The van der Waals surface area contributed by atoms with Crippen molar-refractivity contribution in [3.05, 3.63) is 278 Å². The van der Waals surface area contributed by atoms with Crippen LogP contribution in [-0.4, -0.2) is 27.5 Å².